The fourth-order valence-corrected chi connectivity index (χ4v) is 3.40. The van der Waals surface area contributed by atoms with Gasteiger partial charge in [-0.25, -0.2) is 0 Å². The summed E-state index contributed by atoms with van der Waals surface area (Å²) < 4.78 is 4.57. The van der Waals surface area contributed by atoms with Crippen molar-refractivity contribution in [3.8, 4) is 0 Å². The molecule has 0 saturated carbocycles. The molecular formula is C21H36O3. The lowest BCUT2D eigenvalue weighted by Crippen LogP contribution is -2.05. The minimum absolute atomic E-state index is 0.246. The van der Waals surface area contributed by atoms with Gasteiger partial charge >= 0.3 is 11.9 Å². The number of hydrogen-bond acceptors (Lipinski definition) is 3. The number of esters is 2. The van der Waals surface area contributed by atoms with Crippen LogP contribution in [0, 0.1) is 11.8 Å². The van der Waals surface area contributed by atoms with E-state index in [0.29, 0.717) is 6.42 Å². The summed E-state index contributed by atoms with van der Waals surface area (Å²) in [6, 6.07) is 0. The summed E-state index contributed by atoms with van der Waals surface area (Å²) in [6.07, 6.45) is 19.6. The quantitative estimate of drug-likeness (QED) is 0.170. The van der Waals surface area contributed by atoms with Crippen LogP contribution in [0.2, 0.25) is 0 Å². The molecule has 0 amide bonds. The summed E-state index contributed by atoms with van der Waals surface area (Å²) in [4.78, 5) is 22.4. The first-order valence-corrected chi connectivity index (χ1v) is 10.1. The van der Waals surface area contributed by atoms with Crippen LogP contribution in [0.5, 0.6) is 0 Å². The van der Waals surface area contributed by atoms with Crippen LogP contribution in [-0.4, -0.2) is 11.9 Å². The number of hydrogen-bond donors (Lipinski definition) is 0. The van der Waals surface area contributed by atoms with E-state index in [1.165, 1.54) is 64.2 Å². The monoisotopic (exact) mass is 336 g/mol. The van der Waals surface area contributed by atoms with E-state index in [0.717, 1.165) is 12.3 Å². The van der Waals surface area contributed by atoms with Gasteiger partial charge in [0.15, 0.2) is 0 Å². The molecule has 0 aromatic carbocycles. The average Bonchev–Trinajstić information content (AvgIpc) is 2.88. The van der Waals surface area contributed by atoms with Crippen LogP contribution in [0.25, 0.3) is 0 Å². The Balaban J connectivity index is 2.16. The van der Waals surface area contributed by atoms with Gasteiger partial charge in [0.1, 0.15) is 0 Å². The van der Waals surface area contributed by atoms with E-state index in [4.69, 9.17) is 0 Å². The number of carbonyl (C=O) groups is 2. The molecular weight excluding hydrogens is 300 g/mol. The smallest absolute Gasteiger partial charge is 0.317 e. The van der Waals surface area contributed by atoms with Crippen molar-refractivity contribution in [2.75, 3.05) is 0 Å². The van der Waals surface area contributed by atoms with Crippen molar-refractivity contribution in [3.05, 3.63) is 12.2 Å². The standard InChI is InChI=1S/C21H36O3/c1-3-5-9-13-18(14-10-6-4-2)15-11-7-8-12-16-19-17-20(22)24-21(19)23/h8,12,18-19H,3-7,9-11,13-17H2,1-2H3/b12-8+. The van der Waals surface area contributed by atoms with Crippen LogP contribution in [0.1, 0.15) is 97.3 Å². The molecule has 3 heteroatoms. The highest BCUT2D eigenvalue weighted by atomic mass is 16.6. The molecule has 138 valence electrons. The first kappa shape index (κ1) is 20.9. The third kappa shape index (κ3) is 9.24. The maximum absolute atomic E-state index is 11.4. The SMILES string of the molecule is CCCCCC(CCC/C=C/CC1CC(=O)OC1=O)CCCCC. The third-order valence-corrected chi connectivity index (χ3v) is 4.96. The molecule has 1 aliphatic heterocycles. The second-order valence-electron chi connectivity index (χ2n) is 7.19. The van der Waals surface area contributed by atoms with Crippen molar-refractivity contribution in [1.82, 2.24) is 0 Å². The molecule has 1 atom stereocenters. The van der Waals surface area contributed by atoms with Gasteiger partial charge in [0.05, 0.1) is 12.3 Å². The average molecular weight is 337 g/mol. The highest BCUT2D eigenvalue weighted by Gasteiger charge is 2.31. The van der Waals surface area contributed by atoms with E-state index in [1.54, 1.807) is 0 Å². The highest BCUT2D eigenvalue weighted by molar-refractivity contribution is 5.94. The Morgan fingerprint density at radius 2 is 1.58 bits per heavy atom. The van der Waals surface area contributed by atoms with E-state index >= 15 is 0 Å². The number of carbonyl (C=O) groups excluding carboxylic acids is 2. The molecule has 1 fully saturated rings. The second kappa shape index (κ2) is 13.2. The summed E-state index contributed by atoms with van der Waals surface area (Å²) in [5.74, 6) is -0.0829. The zero-order valence-electron chi connectivity index (χ0n) is 15.7. The third-order valence-electron chi connectivity index (χ3n) is 4.96. The Labute approximate surface area is 148 Å². The molecule has 1 aliphatic rings. The zero-order valence-corrected chi connectivity index (χ0v) is 15.7. The van der Waals surface area contributed by atoms with Crippen molar-refractivity contribution < 1.29 is 14.3 Å². The summed E-state index contributed by atoms with van der Waals surface area (Å²) in [5, 5.41) is 0. The molecule has 1 unspecified atom stereocenters. The van der Waals surface area contributed by atoms with Gasteiger partial charge in [0, 0.05) is 0 Å². The minimum Gasteiger partial charge on any atom is -0.393 e. The van der Waals surface area contributed by atoms with E-state index in [-0.39, 0.29) is 24.3 Å². The molecule has 0 bridgehead atoms. The number of allylic oxidation sites excluding steroid dienone is 2. The van der Waals surface area contributed by atoms with Crippen molar-refractivity contribution in [3.63, 3.8) is 0 Å². The lowest BCUT2D eigenvalue weighted by molar-refractivity contribution is -0.153. The van der Waals surface area contributed by atoms with Gasteiger partial charge in [-0.05, 0) is 25.2 Å². The Morgan fingerprint density at radius 1 is 0.958 bits per heavy atom. The molecule has 3 nitrogen and oxygen atoms in total. The van der Waals surface area contributed by atoms with E-state index in [1.807, 2.05) is 6.08 Å². The number of rotatable bonds is 14. The summed E-state index contributed by atoms with van der Waals surface area (Å²) in [6.45, 7) is 4.54. The van der Waals surface area contributed by atoms with Crippen LogP contribution < -0.4 is 0 Å². The van der Waals surface area contributed by atoms with E-state index in [9.17, 15) is 9.59 Å². The van der Waals surface area contributed by atoms with Gasteiger partial charge in [-0.3, -0.25) is 9.59 Å². The molecule has 1 saturated heterocycles. The van der Waals surface area contributed by atoms with Crippen LogP contribution >= 0.6 is 0 Å². The van der Waals surface area contributed by atoms with Gasteiger partial charge < -0.3 is 4.74 Å². The maximum Gasteiger partial charge on any atom is 0.317 e. The van der Waals surface area contributed by atoms with Crippen LogP contribution in [-0.2, 0) is 14.3 Å². The zero-order chi connectivity index (χ0) is 17.6. The molecule has 24 heavy (non-hydrogen) atoms. The van der Waals surface area contributed by atoms with Crippen molar-refractivity contribution in [1.29, 1.82) is 0 Å². The second-order valence-corrected chi connectivity index (χ2v) is 7.19. The van der Waals surface area contributed by atoms with Crippen molar-refractivity contribution >= 4 is 11.9 Å². The van der Waals surface area contributed by atoms with Gasteiger partial charge in [0.2, 0.25) is 0 Å². The topological polar surface area (TPSA) is 43.4 Å². The van der Waals surface area contributed by atoms with Gasteiger partial charge in [-0.1, -0.05) is 83.8 Å². The molecule has 1 heterocycles. The summed E-state index contributed by atoms with van der Waals surface area (Å²) in [5.41, 5.74) is 0. The lowest BCUT2D eigenvalue weighted by atomic mass is 9.90. The van der Waals surface area contributed by atoms with Crippen molar-refractivity contribution in [2.24, 2.45) is 11.8 Å². The predicted octanol–water partition coefficient (Wildman–Crippen LogP) is 5.97. The van der Waals surface area contributed by atoms with Crippen LogP contribution in [0.4, 0.5) is 0 Å². The lowest BCUT2D eigenvalue weighted by Gasteiger charge is -2.16. The first-order chi connectivity index (χ1) is 11.7. The highest BCUT2D eigenvalue weighted by Crippen LogP contribution is 2.24. The first-order valence-electron chi connectivity index (χ1n) is 10.1. The molecule has 0 aromatic rings. The number of cyclic esters (lactones) is 2. The summed E-state index contributed by atoms with van der Waals surface area (Å²) in [7, 11) is 0. The fourth-order valence-electron chi connectivity index (χ4n) is 3.40. The molecule has 0 N–H and O–H groups in total. The minimum atomic E-state index is -0.375. The Hall–Kier alpha value is -1.12. The fraction of sp³-hybridized carbons (Fsp3) is 0.810. The molecule has 0 aliphatic carbocycles. The maximum atomic E-state index is 11.4. The predicted molar refractivity (Wildman–Crippen MR) is 98.6 cm³/mol. The molecule has 0 aromatic heterocycles. The Morgan fingerprint density at radius 3 is 2.12 bits per heavy atom. The normalized spacial score (nSPS) is 18.0. The molecule has 0 radical (unpaired) electrons. The van der Waals surface area contributed by atoms with Gasteiger partial charge in [-0.2, -0.15) is 0 Å². The summed E-state index contributed by atoms with van der Waals surface area (Å²) >= 11 is 0. The largest absolute Gasteiger partial charge is 0.393 e. The van der Waals surface area contributed by atoms with Crippen LogP contribution in [0.15, 0.2) is 12.2 Å². The number of unbranched alkanes of at least 4 members (excludes halogenated alkanes) is 5. The van der Waals surface area contributed by atoms with Gasteiger partial charge in [0.25, 0.3) is 0 Å². The Kier molecular flexibility index (Phi) is 11.5. The molecule has 1 rings (SSSR count). The van der Waals surface area contributed by atoms with Crippen LogP contribution in [0.3, 0.4) is 0 Å². The van der Waals surface area contributed by atoms with Gasteiger partial charge in [-0.15, -0.1) is 0 Å². The number of ether oxygens (including phenoxy) is 1. The Bertz CT molecular complexity index is 377. The van der Waals surface area contributed by atoms with E-state index < -0.39 is 0 Å². The van der Waals surface area contributed by atoms with Crippen molar-refractivity contribution in [2.45, 2.75) is 97.3 Å². The molecule has 0 spiro atoms. The van der Waals surface area contributed by atoms with E-state index in [2.05, 4.69) is 24.7 Å².